The van der Waals surface area contributed by atoms with Crippen LogP contribution in [0.15, 0.2) is 60.7 Å². The van der Waals surface area contributed by atoms with E-state index >= 15 is 0 Å². The van der Waals surface area contributed by atoms with Crippen LogP contribution in [0.4, 0.5) is 0 Å². The van der Waals surface area contributed by atoms with Crippen LogP contribution in [-0.2, 0) is 6.61 Å². The molecule has 4 rings (SSSR count). The van der Waals surface area contributed by atoms with Crippen LogP contribution in [-0.4, -0.2) is 37.3 Å². The van der Waals surface area contributed by atoms with E-state index < -0.39 is 10.9 Å². The van der Waals surface area contributed by atoms with E-state index in [0.29, 0.717) is 23.1 Å². The van der Waals surface area contributed by atoms with Gasteiger partial charge in [0.1, 0.15) is 19.0 Å². The van der Waals surface area contributed by atoms with E-state index in [2.05, 4.69) is 22.3 Å². The Labute approximate surface area is 194 Å². The van der Waals surface area contributed by atoms with Gasteiger partial charge in [0.05, 0.1) is 23.6 Å². The van der Waals surface area contributed by atoms with Crippen LogP contribution >= 0.6 is 10.9 Å². The van der Waals surface area contributed by atoms with E-state index in [1.54, 1.807) is 30.3 Å². The summed E-state index contributed by atoms with van der Waals surface area (Å²) in [5.41, 5.74) is 5.80. The van der Waals surface area contributed by atoms with Gasteiger partial charge in [0.2, 0.25) is 10.8 Å². The van der Waals surface area contributed by atoms with Crippen LogP contribution < -0.4 is 9.47 Å². The Hall–Kier alpha value is -3.46. The fourth-order valence-electron chi connectivity index (χ4n) is 3.57. The zero-order chi connectivity index (χ0) is 23.4. The lowest BCUT2D eigenvalue weighted by Gasteiger charge is -2.15. The van der Waals surface area contributed by atoms with Gasteiger partial charge < -0.3 is 24.2 Å². The van der Waals surface area contributed by atoms with E-state index in [-0.39, 0.29) is 19.1 Å². The second-order valence-electron chi connectivity index (χ2n) is 7.46. The molecule has 33 heavy (non-hydrogen) atoms. The molecule has 0 fully saturated rings. The Morgan fingerprint density at radius 3 is 2.42 bits per heavy atom. The van der Waals surface area contributed by atoms with Gasteiger partial charge in [-0.1, -0.05) is 18.2 Å². The minimum absolute atomic E-state index is 0.0538. The smallest absolute Gasteiger partial charge is 0.270 e. The molecule has 0 radical (unpaired) electrons. The summed E-state index contributed by atoms with van der Waals surface area (Å²) in [4.78, 5) is 4.96. The van der Waals surface area contributed by atoms with Gasteiger partial charge in [-0.2, -0.15) is 0 Å². The Bertz CT molecular complexity index is 1250. The van der Waals surface area contributed by atoms with E-state index in [1.807, 2.05) is 25.1 Å². The summed E-state index contributed by atoms with van der Waals surface area (Å²) in [6, 6.07) is 18.5. The number of nitrogens with zero attached hydrogens (tertiary/aromatic N) is 2. The summed E-state index contributed by atoms with van der Waals surface area (Å²) < 4.78 is 26.9. The van der Waals surface area contributed by atoms with Crippen molar-refractivity contribution in [2.75, 3.05) is 13.2 Å². The SMILES string of the molecule is Cc1nc(OCCO)ccc1-c1cccc(COc2ccc(-c3cc(O)n[s+]3[O-])cc2)c1C. The molecule has 0 amide bonds. The highest BCUT2D eigenvalue weighted by atomic mass is 32.2. The van der Waals surface area contributed by atoms with Crippen LogP contribution in [0.2, 0.25) is 0 Å². The van der Waals surface area contributed by atoms with Crippen LogP contribution in [0, 0.1) is 13.8 Å². The zero-order valence-electron chi connectivity index (χ0n) is 18.3. The minimum Gasteiger partial charge on any atom is -0.568 e. The largest absolute Gasteiger partial charge is 0.568 e. The minimum atomic E-state index is -1.58. The standard InChI is InChI=1S/C25H24N2O5S/c1-16-19(4-3-5-21(16)22-10-11-25(26-17(22)2)31-13-12-28)15-32-20-8-6-18(7-9-20)23-14-24(29)27-33(23)30/h3-11,14,28H,12-13,15H2,1-2H3,(H,27,29). The van der Waals surface area contributed by atoms with Crippen molar-refractivity contribution in [1.82, 2.24) is 9.36 Å². The number of aryl methyl sites for hydroxylation is 1. The molecule has 0 saturated carbocycles. The molecule has 0 spiro atoms. The molecule has 170 valence electrons. The lowest BCUT2D eigenvalue weighted by Crippen LogP contribution is -2.04. The molecule has 4 aromatic rings. The molecule has 2 N–H and O–H groups in total. The van der Waals surface area contributed by atoms with E-state index in [0.717, 1.165) is 33.5 Å². The van der Waals surface area contributed by atoms with Crippen molar-refractivity contribution in [3.63, 3.8) is 0 Å². The molecule has 1 unspecified atom stereocenters. The topological polar surface area (TPSA) is 108 Å². The molecule has 2 aromatic carbocycles. The van der Waals surface area contributed by atoms with E-state index in [4.69, 9.17) is 14.6 Å². The average Bonchev–Trinajstić information content (AvgIpc) is 3.15. The molecule has 2 heterocycles. The van der Waals surface area contributed by atoms with Gasteiger partial charge in [-0.25, -0.2) is 4.98 Å². The fourth-order valence-corrected chi connectivity index (χ4v) is 4.44. The lowest BCUT2D eigenvalue weighted by atomic mass is 9.96. The van der Waals surface area contributed by atoms with E-state index in [9.17, 15) is 9.66 Å². The average molecular weight is 465 g/mol. The van der Waals surface area contributed by atoms with Crippen LogP contribution in [0.3, 0.4) is 0 Å². The van der Waals surface area contributed by atoms with Crippen LogP contribution in [0.1, 0.15) is 16.8 Å². The monoisotopic (exact) mass is 464 g/mol. The first-order valence-electron chi connectivity index (χ1n) is 10.4. The molecule has 1 atom stereocenters. The molecule has 0 saturated heterocycles. The summed E-state index contributed by atoms with van der Waals surface area (Å²) in [5, 5.41) is 18.3. The molecular weight excluding hydrogens is 440 g/mol. The first kappa shape index (κ1) is 22.7. The number of aromatic hydroxyl groups is 1. The second-order valence-corrected chi connectivity index (χ2v) is 8.59. The maximum absolute atomic E-state index is 11.9. The molecule has 0 aliphatic carbocycles. The van der Waals surface area contributed by atoms with Crippen molar-refractivity contribution >= 4 is 10.9 Å². The van der Waals surface area contributed by atoms with Gasteiger partial charge >= 0.3 is 0 Å². The number of ether oxygens (including phenoxy) is 2. The number of aromatic nitrogens is 2. The summed E-state index contributed by atoms with van der Waals surface area (Å²) >= 11 is 0. The van der Waals surface area contributed by atoms with Gasteiger partial charge in [-0.3, -0.25) is 0 Å². The third kappa shape index (κ3) is 5.14. The Balaban J connectivity index is 1.49. The number of aliphatic hydroxyl groups is 1. The van der Waals surface area contributed by atoms with Crippen LogP contribution in [0.25, 0.3) is 21.6 Å². The summed E-state index contributed by atoms with van der Waals surface area (Å²) in [7, 11) is -1.58. The number of hydrogen-bond acceptors (Lipinski definition) is 7. The quantitative estimate of drug-likeness (QED) is 0.360. The number of aliphatic hydroxyl groups excluding tert-OH is 1. The van der Waals surface area contributed by atoms with Crippen LogP contribution in [0.5, 0.6) is 17.5 Å². The highest BCUT2D eigenvalue weighted by Gasteiger charge is 2.15. The normalized spacial score (nSPS) is 11.5. The van der Waals surface area contributed by atoms with Gasteiger partial charge in [-0.05, 0) is 60.9 Å². The van der Waals surface area contributed by atoms with Crippen molar-refractivity contribution in [3.05, 3.63) is 77.5 Å². The molecule has 0 bridgehead atoms. The third-order valence-corrected chi connectivity index (χ3v) is 6.38. The molecule has 0 aliphatic rings. The van der Waals surface area contributed by atoms with Gasteiger partial charge in [0.15, 0.2) is 0 Å². The highest BCUT2D eigenvalue weighted by molar-refractivity contribution is 7.23. The van der Waals surface area contributed by atoms with Crippen molar-refractivity contribution in [1.29, 1.82) is 0 Å². The first-order valence-corrected chi connectivity index (χ1v) is 11.5. The van der Waals surface area contributed by atoms with Crippen molar-refractivity contribution in [3.8, 4) is 39.1 Å². The van der Waals surface area contributed by atoms with Crippen molar-refractivity contribution in [2.45, 2.75) is 20.5 Å². The second kappa shape index (κ2) is 9.99. The molecule has 8 heteroatoms. The molecular formula is C25H24N2O5S. The van der Waals surface area contributed by atoms with Gasteiger partial charge in [0, 0.05) is 27.3 Å². The molecule has 2 aromatic heterocycles. The predicted molar refractivity (Wildman–Crippen MR) is 126 cm³/mol. The summed E-state index contributed by atoms with van der Waals surface area (Å²) in [6.45, 7) is 4.54. The maximum atomic E-state index is 11.9. The van der Waals surface area contributed by atoms with Gasteiger partial charge in [0.25, 0.3) is 5.88 Å². The van der Waals surface area contributed by atoms with Gasteiger partial charge in [-0.15, -0.1) is 0 Å². The molecule has 0 aliphatic heterocycles. The first-order chi connectivity index (χ1) is 16.0. The lowest BCUT2D eigenvalue weighted by molar-refractivity contribution is 0.196. The highest BCUT2D eigenvalue weighted by Crippen LogP contribution is 2.34. The summed E-state index contributed by atoms with van der Waals surface area (Å²) in [5.74, 6) is 0.947. The van der Waals surface area contributed by atoms with E-state index in [1.165, 1.54) is 6.07 Å². The third-order valence-electron chi connectivity index (χ3n) is 5.30. The number of pyridine rings is 1. The Kier molecular flexibility index (Phi) is 6.88. The number of rotatable bonds is 8. The zero-order valence-corrected chi connectivity index (χ0v) is 19.1. The number of benzene rings is 2. The fraction of sp³-hybridized carbons (Fsp3) is 0.200. The molecule has 7 nitrogen and oxygen atoms in total. The van der Waals surface area contributed by atoms with Crippen molar-refractivity contribution in [2.24, 2.45) is 0 Å². The Morgan fingerprint density at radius 2 is 1.76 bits per heavy atom. The Morgan fingerprint density at radius 1 is 0.970 bits per heavy atom. The predicted octanol–water partition coefficient (Wildman–Crippen LogP) is 4.81. The maximum Gasteiger partial charge on any atom is 0.270 e. The summed E-state index contributed by atoms with van der Waals surface area (Å²) in [6.07, 6.45) is 0. The van der Waals surface area contributed by atoms with Crippen molar-refractivity contribution < 1.29 is 24.2 Å². The number of hydrogen-bond donors (Lipinski definition) is 2.